The van der Waals surface area contributed by atoms with Crippen LogP contribution >= 0.6 is 15.9 Å². The number of benzene rings is 1. The first-order chi connectivity index (χ1) is 8.13. The minimum Gasteiger partial charge on any atom is -0.464 e. The summed E-state index contributed by atoms with van der Waals surface area (Å²) in [6.07, 6.45) is 0. The van der Waals surface area contributed by atoms with Crippen molar-refractivity contribution in [3.63, 3.8) is 0 Å². The molecule has 0 amide bonds. The van der Waals surface area contributed by atoms with E-state index >= 15 is 0 Å². The highest BCUT2D eigenvalue weighted by Crippen LogP contribution is 2.28. The third-order valence-electron chi connectivity index (χ3n) is 2.63. The van der Waals surface area contributed by atoms with E-state index in [2.05, 4.69) is 21.2 Å². The second kappa shape index (κ2) is 5.02. The highest BCUT2D eigenvalue weighted by atomic mass is 79.9. The minimum absolute atomic E-state index is 0.263. The maximum Gasteiger partial charge on any atom is 0.142 e. The van der Waals surface area contributed by atoms with Gasteiger partial charge in [0.15, 0.2) is 0 Å². The molecule has 1 atom stereocenters. The Hall–Kier alpha value is -1.13. The molecule has 0 radical (unpaired) electrons. The molecule has 0 saturated carbocycles. The third kappa shape index (κ3) is 2.42. The van der Waals surface area contributed by atoms with Crippen LogP contribution < -0.4 is 5.32 Å². The van der Waals surface area contributed by atoms with Crippen LogP contribution in [0.15, 0.2) is 39.2 Å². The van der Waals surface area contributed by atoms with E-state index < -0.39 is 0 Å². The predicted octanol–water partition coefficient (Wildman–Crippen LogP) is 3.80. The number of hydrogen-bond acceptors (Lipinski definition) is 2. The summed E-state index contributed by atoms with van der Waals surface area (Å²) in [5, 5.41) is 3.06. The van der Waals surface area contributed by atoms with Crippen LogP contribution in [0.3, 0.4) is 0 Å². The van der Waals surface area contributed by atoms with E-state index in [-0.39, 0.29) is 11.9 Å². The summed E-state index contributed by atoms with van der Waals surface area (Å²) in [7, 11) is 1.78. The van der Waals surface area contributed by atoms with Crippen molar-refractivity contribution in [3.8, 4) is 0 Å². The third-order valence-corrected chi connectivity index (χ3v) is 3.24. The molecule has 0 bridgehead atoms. The standard InChI is InChI=1S/C13H13BrFNO/c1-8-6-7-11(17-8)13(16-2)9-4-3-5-10(14)12(9)15/h3-7,13,16H,1-2H3. The lowest BCUT2D eigenvalue weighted by Gasteiger charge is -2.15. The van der Waals surface area contributed by atoms with Crippen molar-refractivity contribution in [2.24, 2.45) is 0 Å². The van der Waals surface area contributed by atoms with Gasteiger partial charge in [0.1, 0.15) is 17.3 Å². The van der Waals surface area contributed by atoms with E-state index in [1.807, 2.05) is 25.1 Å². The molecule has 0 aliphatic carbocycles. The van der Waals surface area contributed by atoms with Gasteiger partial charge in [-0.3, -0.25) is 0 Å². The molecule has 1 heterocycles. The van der Waals surface area contributed by atoms with E-state index in [9.17, 15) is 4.39 Å². The molecular formula is C13H13BrFNO. The largest absolute Gasteiger partial charge is 0.464 e. The van der Waals surface area contributed by atoms with Gasteiger partial charge in [0, 0.05) is 5.56 Å². The van der Waals surface area contributed by atoms with Crippen LogP contribution in [0.4, 0.5) is 4.39 Å². The molecule has 0 aliphatic rings. The average Bonchev–Trinajstić information content (AvgIpc) is 2.72. The monoisotopic (exact) mass is 297 g/mol. The molecule has 1 aromatic carbocycles. The lowest BCUT2D eigenvalue weighted by molar-refractivity contribution is 0.435. The van der Waals surface area contributed by atoms with Gasteiger partial charge in [-0.2, -0.15) is 0 Å². The zero-order valence-electron chi connectivity index (χ0n) is 9.63. The van der Waals surface area contributed by atoms with Gasteiger partial charge in [-0.05, 0) is 48.1 Å². The zero-order chi connectivity index (χ0) is 12.4. The maximum atomic E-state index is 14.0. The summed E-state index contributed by atoms with van der Waals surface area (Å²) < 4.78 is 20.0. The summed E-state index contributed by atoms with van der Waals surface area (Å²) in [4.78, 5) is 0. The molecule has 0 fully saturated rings. The second-order valence-electron chi connectivity index (χ2n) is 3.81. The number of aryl methyl sites for hydroxylation is 1. The van der Waals surface area contributed by atoms with Crippen molar-refractivity contribution in [2.75, 3.05) is 7.05 Å². The molecular weight excluding hydrogens is 285 g/mol. The Bertz CT molecular complexity index is 524. The van der Waals surface area contributed by atoms with Crippen LogP contribution in [-0.4, -0.2) is 7.05 Å². The molecule has 0 spiro atoms. The first kappa shape index (κ1) is 12.3. The number of nitrogens with one attached hydrogen (secondary N) is 1. The van der Waals surface area contributed by atoms with Crippen LogP contribution in [0, 0.1) is 12.7 Å². The molecule has 4 heteroatoms. The Labute approximate surface area is 108 Å². The predicted molar refractivity (Wildman–Crippen MR) is 68.4 cm³/mol. The van der Waals surface area contributed by atoms with Gasteiger partial charge < -0.3 is 9.73 Å². The molecule has 2 nitrogen and oxygen atoms in total. The topological polar surface area (TPSA) is 25.2 Å². The van der Waals surface area contributed by atoms with Gasteiger partial charge in [0.25, 0.3) is 0 Å². The number of rotatable bonds is 3. The van der Waals surface area contributed by atoms with Crippen LogP contribution in [0.2, 0.25) is 0 Å². The molecule has 0 saturated heterocycles. The molecule has 1 unspecified atom stereocenters. The van der Waals surface area contributed by atoms with E-state index in [1.54, 1.807) is 19.2 Å². The quantitative estimate of drug-likeness (QED) is 0.932. The smallest absolute Gasteiger partial charge is 0.142 e. The zero-order valence-corrected chi connectivity index (χ0v) is 11.2. The molecule has 90 valence electrons. The molecule has 0 aliphatic heterocycles. The fourth-order valence-electron chi connectivity index (χ4n) is 1.80. The lowest BCUT2D eigenvalue weighted by atomic mass is 10.0. The van der Waals surface area contributed by atoms with Crippen molar-refractivity contribution < 1.29 is 8.81 Å². The number of hydrogen-bond donors (Lipinski definition) is 1. The Morgan fingerprint density at radius 2 is 2.06 bits per heavy atom. The SMILES string of the molecule is CNC(c1ccc(C)o1)c1cccc(Br)c1F. The van der Waals surface area contributed by atoms with E-state index in [0.717, 1.165) is 5.76 Å². The molecule has 2 rings (SSSR count). The first-order valence-corrected chi connectivity index (χ1v) is 6.10. The van der Waals surface area contributed by atoms with Crippen molar-refractivity contribution in [1.29, 1.82) is 0 Å². The highest BCUT2D eigenvalue weighted by Gasteiger charge is 2.20. The second-order valence-corrected chi connectivity index (χ2v) is 4.67. The number of furan rings is 1. The Kier molecular flexibility index (Phi) is 3.64. The summed E-state index contributed by atoms with van der Waals surface area (Å²) >= 11 is 3.19. The molecule has 17 heavy (non-hydrogen) atoms. The molecule has 2 aromatic rings. The van der Waals surface area contributed by atoms with E-state index in [0.29, 0.717) is 15.8 Å². The van der Waals surface area contributed by atoms with Crippen molar-refractivity contribution in [3.05, 3.63) is 57.7 Å². The fourth-order valence-corrected chi connectivity index (χ4v) is 2.18. The Morgan fingerprint density at radius 3 is 2.65 bits per heavy atom. The molecule has 1 N–H and O–H groups in total. The van der Waals surface area contributed by atoms with E-state index in [4.69, 9.17) is 4.42 Å². The maximum absolute atomic E-state index is 14.0. The van der Waals surface area contributed by atoms with Gasteiger partial charge in [-0.15, -0.1) is 0 Å². The Morgan fingerprint density at radius 1 is 1.29 bits per heavy atom. The van der Waals surface area contributed by atoms with Crippen LogP contribution in [0.1, 0.15) is 23.1 Å². The van der Waals surface area contributed by atoms with Crippen LogP contribution in [0.25, 0.3) is 0 Å². The van der Waals surface area contributed by atoms with Gasteiger partial charge in [-0.25, -0.2) is 4.39 Å². The van der Waals surface area contributed by atoms with Crippen LogP contribution in [-0.2, 0) is 0 Å². The number of halogens is 2. The average molecular weight is 298 g/mol. The summed E-state index contributed by atoms with van der Waals surface area (Å²) in [5.74, 6) is 1.26. The summed E-state index contributed by atoms with van der Waals surface area (Å²) in [6.45, 7) is 1.87. The van der Waals surface area contributed by atoms with Gasteiger partial charge >= 0.3 is 0 Å². The van der Waals surface area contributed by atoms with Gasteiger partial charge in [-0.1, -0.05) is 12.1 Å². The molecule has 1 aromatic heterocycles. The van der Waals surface area contributed by atoms with Crippen molar-refractivity contribution in [2.45, 2.75) is 13.0 Å². The van der Waals surface area contributed by atoms with Crippen molar-refractivity contribution in [1.82, 2.24) is 5.32 Å². The van der Waals surface area contributed by atoms with E-state index in [1.165, 1.54) is 0 Å². The first-order valence-electron chi connectivity index (χ1n) is 5.31. The Balaban J connectivity index is 2.45. The van der Waals surface area contributed by atoms with Gasteiger partial charge in [0.2, 0.25) is 0 Å². The van der Waals surface area contributed by atoms with Crippen LogP contribution in [0.5, 0.6) is 0 Å². The summed E-state index contributed by atoms with van der Waals surface area (Å²) in [6, 6.07) is 8.69. The minimum atomic E-state index is -0.277. The van der Waals surface area contributed by atoms with Gasteiger partial charge in [0.05, 0.1) is 10.5 Å². The summed E-state index contributed by atoms with van der Waals surface area (Å²) in [5.41, 5.74) is 0.566. The van der Waals surface area contributed by atoms with Crippen molar-refractivity contribution >= 4 is 15.9 Å². The fraction of sp³-hybridized carbons (Fsp3) is 0.231. The highest BCUT2D eigenvalue weighted by molar-refractivity contribution is 9.10. The normalized spacial score (nSPS) is 12.7. The lowest BCUT2D eigenvalue weighted by Crippen LogP contribution is -2.18.